The molecule has 2 aromatic carbocycles. The molecule has 0 spiro atoms. The SMILES string of the molecule is O=C(O)c1ccc(Oc2ccc3c(c2)C[C@@H](NC[C@@H](O)c2cccc(Cl)c2)CC3)nc1. The van der Waals surface area contributed by atoms with Gasteiger partial charge in [0.15, 0.2) is 0 Å². The van der Waals surface area contributed by atoms with Crippen molar-refractivity contribution in [3.8, 4) is 11.6 Å². The molecular formula is C24H23ClN2O4. The predicted octanol–water partition coefficient (Wildman–Crippen LogP) is 4.41. The number of hydrogen-bond acceptors (Lipinski definition) is 5. The third kappa shape index (κ3) is 5.41. The number of fused-ring (bicyclic) bond motifs is 1. The number of nitrogens with zero attached hydrogens (tertiary/aromatic N) is 1. The zero-order chi connectivity index (χ0) is 21.8. The third-order valence-electron chi connectivity index (χ3n) is 5.45. The predicted molar refractivity (Wildman–Crippen MR) is 118 cm³/mol. The number of rotatable bonds is 7. The van der Waals surface area contributed by atoms with E-state index in [1.807, 2.05) is 24.3 Å². The van der Waals surface area contributed by atoms with E-state index in [9.17, 15) is 9.90 Å². The number of pyridine rings is 1. The van der Waals surface area contributed by atoms with Crippen LogP contribution in [0.15, 0.2) is 60.8 Å². The topological polar surface area (TPSA) is 91.7 Å². The molecule has 2 atom stereocenters. The number of aromatic carboxylic acids is 1. The van der Waals surface area contributed by atoms with Crippen molar-refractivity contribution in [3.05, 3.63) is 88.1 Å². The van der Waals surface area contributed by atoms with E-state index in [0.717, 1.165) is 24.8 Å². The van der Waals surface area contributed by atoms with Gasteiger partial charge in [0.25, 0.3) is 0 Å². The Balaban J connectivity index is 1.37. The second-order valence-electron chi connectivity index (χ2n) is 7.64. The summed E-state index contributed by atoms with van der Waals surface area (Å²) < 4.78 is 5.80. The van der Waals surface area contributed by atoms with E-state index in [1.54, 1.807) is 18.2 Å². The fourth-order valence-corrected chi connectivity index (χ4v) is 3.97. The summed E-state index contributed by atoms with van der Waals surface area (Å²) in [6.07, 6.45) is 3.44. The first-order chi connectivity index (χ1) is 15.0. The molecule has 6 nitrogen and oxygen atoms in total. The first-order valence-electron chi connectivity index (χ1n) is 10.1. The van der Waals surface area contributed by atoms with Crippen molar-refractivity contribution >= 4 is 17.6 Å². The molecule has 0 radical (unpaired) electrons. The molecule has 0 bridgehead atoms. The number of aliphatic hydroxyl groups is 1. The van der Waals surface area contributed by atoms with Gasteiger partial charge in [-0.05, 0) is 66.3 Å². The van der Waals surface area contributed by atoms with Gasteiger partial charge in [0, 0.05) is 29.9 Å². The number of carboxylic acids is 1. The van der Waals surface area contributed by atoms with Gasteiger partial charge in [-0.2, -0.15) is 0 Å². The average molecular weight is 439 g/mol. The molecule has 1 heterocycles. The van der Waals surface area contributed by atoms with E-state index in [2.05, 4.69) is 16.4 Å². The lowest BCUT2D eigenvalue weighted by Crippen LogP contribution is -2.37. The number of aliphatic hydroxyl groups excluding tert-OH is 1. The molecule has 1 aromatic heterocycles. The highest BCUT2D eigenvalue weighted by atomic mass is 35.5. The van der Waals surface area contributed by atoms with Crippen molar-refractivity contribution in [3.63, 3.8) is 0 Å². The highest BCUT2D eigenvalue weighted by molar-refractivity contribution is 6.30. The molecule has 0 saturated carbocycles. The fourth-order valence-electron chi connectivity index (χ4n) is 3.77. The summed E-state index contributed by atoms with van der Waals surface area (Å²) in [5.41, 5.74) is 3.40. The minimum Gasteiger partial charge on any atom is -0.478 e. The summed E-state index contributed by atoms with van der Waals surface area (Å²) >= 11 is 6.01. The average Bonchev–Trinajstić information content (AvgIpc) is 2.77. The van der Waals surface area contributed by atoms with Crippen LogP contribution in [-0.2, 0) is 12.8 Å². The molecule has 0 fully saturated rings. The molecule has 0 amide bonds. The van der Waals surface area contributed by atoms with Crippen LogP contribution < -0.4 is 10.1 Å². The molecule has 1 aliphatic rings. The fraction of sp³-hybridized carbons (Fsp3) is 0.250. The Morgan fingerprint density at radius 3 is 2.81 bits per heavy atom. The number of nitrogens with one attached hydrogen (secondary N) is 1. The van der Waals surface area contributed by atoms with Crippen molar-refractivity contribution in [2.75, 3.05) is 6.54 Å². The van der Waals surface area contributed by atoms with Crippen molar-refractivity contribution in [2.24, 2.45) is 0 Å². The zero-order valence-electron chi connectivity index (χ0n) is 16.8. The Morgan fingerprint density at radius 1 is 1.19 bits per heavy atom. The maximum absolute atomic E-state index is 10.9. The summed E-state index contributed by atoms with van der Waals surface area (Å²) in [6.45, 7) is 0.455. The van der Waals surface area contributed by atoms with Crippen molar-refractivity contribution in [1.82, 2.24) is 10.3 Å². The number of carboxylic acid groups (broad SMARTS) is 1. The Morgan fingerprint density at radius 2 is 2.06 bits per heavy atom. The molecule has 0 aliphatic heterocycles. The lowest BCUT2D eigenvalue weighted by molar-refractivity contribution is 0.0696. The minimum absolute atomic E-state index is 0.117. The molecule has 160 valence electrons. The van der Waals surface area contributed by atoms with Crippen molar-refractivity contribution < 1.29 is 19.7 Å². The van der Waals surface area contributed by atoms with Gasteiger partial charge in [-0.3, -0.25) is 0 Å². The smallest absolute Gasteiger partial charge is 0.337 e. The monoisotopic (exact) mass is 438 g/mol. The van der Waals surface area contributed by atoms with E-state index in [-0.39, 0.29) is 11.6 Å². The number of hydrogen-bond donors (Lipinski definition) is 3. The van der Waals surface area contributed by atoms with Gasteiger partial charge < -0.3 is 20.3 Å². The van der Waals surface area contributed by atoms with Crippen LogP contribution in [0.1, 0.15) is 39.6 Å². The van der Waals surface area contributed by atoms with E-state index < -0.39 is 12.1 Å². The largest absolute Gasteiger partial charge is 0.478 e. The third-order valence-corrected chi connectivity index (χ3v) is 5.68. The molecule has 0 unspecified atom stereocenters. The van der Waals surface area contributed by atoms with Gasteiger partial charge >= 0.3 is 5.97 Å². The maximum Gasteiger partial charge on any atom is 0.337 e. The van der Waals surface area contributed by atoms with E-state index in [0.29, 0.717) is 23.2 Å². The Bertz CT molecular complexity index is 1070. The van der Waals surface area contributed by atoms with E-state index in [4.69, 9.17) is 21.4 Å². The Kier molecular flexibility index (Phi) is 6.51. The highest BCUT2D eigenvalue weighted by Gasteiger charge is 2.20. The summed E-state index contributed by atoms with van der Waals surface area (Å²) in [7, 11) is 0. The number of aryl methyl sites for hydroxylation is 1. The standard InChI is InChI=1S/C24H23ClN2O4/c25-19-3-1-2-16(10-19)22(28)14-26-20-7-4-15-5-8-21(12-18(15)11-20)31-23-9-6-17(13-27-23)24(29)30/h1-3,5-6,8-10,12-13,20,22,26,28H,4,7,11,14H2,(H,29,30)/t20-,22+/m0/s1. The molecule has 3 N–H and O–H groups in total. The first kappa shape index (κ1) is 21.3. The number of carbonyl (C=O) groups is 1. The van der Waals surface area contributed by atoms with Crippen molar-refractivity contribution in [2.45, 2.75) is 31.4 Å². The van der Waals surface area contributed by atoms with Crippen LogP contribution in [0.2, 0.25) is 5.02 Å². The highest BCUT2D eigenvalue weighted by Crippen LogP contribution is 2.28. The number of benzene rings is 2. The number of aromatic nitrogens is 1. The second kappa shape index (κ2) is 9.47. The molecule has 7 heteroatoms. The summed E-state index contributed by atoms with van der Waals surface area (Å²) in [5.74, 6) is -0.0131. The zero-order valence-corrected chi connectivity index (χ0v) is 17.5. The lowest BCUT2D eigenvalue weighted by Gasteiger charge is -2.27. The van der Waals surface area contributed by atoms with Crippen LogP contribution >= 0.6 is 11.6 Å². The summed E-state index contributed by atoms with van der Waals surface area (Å²) in [6, 6.07) is 16.5. The Labute approximate surface area is 185 Å². The normalized spacial score (nSPS) is 16.4. The van der Waals surface area contributed by atoms with Crippen LogP contribution in [0.3, 0.4) is 0 Å². The molecule has 31 heavy (non-hydrogen) atoms. The van der Waals surface area contributed by atoms with Gasteiger partial charge in [-0.1, -0.05) is 29.8 Å². The quantitative estimate of drug-likeness (QED) is 0.506. The Hall–Kier alpha value is -2.93. The van der Waals surface area contributed by atoms with Gasteiger partial charge in [-0.25, -0.2) is 9.78 Å². The molecule has 3 aromatic rings. The second-order valence-corrected chi connectivity index (χ2v) is 8.08. The van der Waals surface area contributed by atoms with Crippen LogP contribution in [0.4, 0.5) is 0 Å². The molecule has 1 aliphatic carbocycles. The van der Waals surface area contributed by atoms with Crippen LogP contribution in [0, 0.1) is 0 Å². The summed E-state index contributed by atoms with van der Waals surface area (Å²) in [5, 5.41) is 23.5. The minimum atomic E-state index is -1.02. The van der Waals surface area contributed by atoms with Gasteiger partial charge in [-0.15, -0.1) is 0 Å². The van der Waals surface area contributed by atoms with E-state index >= 15 is 0 Å². The van der Waals surface area contributed by atoms with Crippen LogP contribution in [0.5, 0.6) is 11.6 Å². The van der Waals surface area contributed by atoms with E-state index in [1.165, 1.54) is 23.4 Å². The summed E-state index contributed by atoms with van der Waals surface area (Å²) in [4.78, 5) is 15.0. The number of ether oxygens (including phenoxy) is 1. The van der Waals surface area contributed by atoms with Gasteiger partial charge in [0.05, 0.1) is 11.7 Å². The molecular weight excluding hydrogens is 416 g/mol. The van der Waals surface area contributed by atoms with Crippen LogP contribution in [-0.4, -0.2) is 33.8 Å². The molecule has 4 rings (SSSR count). The van der Waals surface area contributed by atoms with Gasteiger partial charge in [0.1, 0.15) is 5.75 Å². The maximum atomic E-state index is 10.9. The van der Waals surface area contributed by atoms with Crippen LogP contribution in [0.25, 0.3) is 0 Å². The number of halogens is 1. The van der Waals surface area contributed by atoms with Crippen molar-refractivity contribution in [1.29, 1.82) is 0 Å². The van der Waals surface area contributed by atoms with Gasteiger partial charge in [0.2, 0.25) is 5.88 Å². The first-order valence-corrected chi connectivity index (χ1v) is 10.5. The molecule has 0 saturated heterocycles. The lowest BCUT2D eigenvalue weighted by atomic mass is 9.88.